The molecule has 0 saturated carbocycles. The molecule has 0 aliphatic rings. The molecule has 0 fully saturated rings. The molecule has 0 spiro atoms. The molecule has 2 aromatic carbocycles. The van der Waals surface area contributed by atoms with Crippen molar-refractivity contribution >= 4 is 11.0 Å². The van der Waals surface area contributed by atoms with E-state index in [0.29, 0.717) is 5.75 Å². The summed E-state index contributed by atoms with van der Waals surface area (Å²) >= 11 is 0. The number of aromatic nitrogens is 2. The minimum atomic E-state index is -0.783. The fourth-order valence-corrected chi connectivity index (χ4v) is 3.45. The summed E-state index contributed by atoms with van der Waals surface area (Å²) in [5.41, 5.74) is 3.43. The van der Waals surface area contributed by atoms with Crippen molar-refractivity contribution in [3.05, 3.63) is 64.1 Å². The molecular weight excluding hydrogens is 394 g/mol. The number of hydrogen-bond donors (Lipinski definition) is 2. The van der Waals surface area contributed by atoms with Gasteiger partial charge in [-0.25, -0.2) is 4.79 Å². The predicted octanol–water partition coefficient (Wildman–Crippen LogP) is 2.89. The number of nitrogens with one attached hydrogen (secondary N) is 1. The molecule has 168 valence electrons. The predicted molar refractivity (Wildman–Crippen MR) is 122 cm³/mol. The Morgan fingerprint density at radius 1 is 1.03 bits per heavy atom. The van der Waals surface area contributed by atoms with E-state index in [-0.39, 0.29) is 18.4 Å². The van der Waals surface area contributed by atoms with E-state index in [4.69, 9.17) is 9.47 Å². The molecule has 0 bridgehead atoms. The van der Waals surface area contributed by atoms with Crippen LogP contribution in [0, 0.1) is 0 Å². The summed E-state index contributed by atoms with van der Waals surface area (Å²) in [6.07, 6.45) is 0.482. The van der Waals surface area contributed by atoms with Crippen LogP contribution in [0.4, 0.5) is 0 Å². The van der Waals surface area contributed by atoms with Crippen molar-refractivity contribution in [1.29, 1.82) is 0 Å². The number of aryl methyl sites for hydroxylation is 2. The van der Waals surface area contributed by atoms with Gasteiger partial charge in [0.05, 0.1) is 17.1 Å². The van der Waals surface area contributed by atoms with E-state index in [1.165, 1.54) is 5.56 Å². The van der Waals surface area contributed by atoms with Gasteiger partial charge in [-0.3, -0.25) is 9.13 Å². The van der Waals surface area contributed by atoms with Gasteiger partial charge in [-0.05, 0) is 62.2 Å². The number of hydrogen-bond acceptors (Lipinski definition) is 5. The minimum absolute atomic E-state index is 0.0867. The highest BCUT2D eigenvalue weighted by Crippen LogP contribution is 2.21. The number of aliphatic hydroxyl groups excluding tert-OH is 1. The molecule has 1 aromatic heterocycles. The molecule has 0 aliphatic heterocycles. The van der Waals surface area contributed by atoms with Crippen LogP contribution in [0.5, 0.6) is 5.75 Å². The van der Waals surface area contributed by atoms with E-state index >= 15 is 0 Å². The van der Waals surface area contributed by atoms with Gasteiger partial charge in [-0.15, -0.1) is 0 Å². The van der Waals surface area contributed by atoms with Crippen molar-refractivity contribution in [1.82, 2.24) is 14.5 Å². The van der Waals surface area contributed by atoms with E-state index in [2.05, 4.69) is 5.32 Å². The van der Waals surface area contributed by atoms with E-state index < -0.39 is 6.10 Å². The summed E-state index contributed by atoms with van der Waals surface area (Å²) in [5.74, 6) is 0.710. The lowest BCUT2D eigenvalue weighted by Crippen LogP contribution is -2.19. The molecule has 1 heterocycles. The largest absolute Gasteiger partial charge is 0.491 e. The molecule has 0 amide bonds. The highest BCUT2D eigenvalue weighted by molar-refractivity contribution is 5.76. The molecule has 7 heteroatoms. The molecule has 2 N–H and O–H groups in total. The molecule has 7 nitrogen and oxygen atoms in total. The normalized spacial score (nSPS) is 12.6. The molecule has 3 aromatic rings. The van der Waals surface area contributed by atoms with Gasteiger partial charge in [-0.2, -0.15) is 0 Å². The summed E-state index contributed by atoms with van der Waals surface area (Å²) in [6.45, 7) is 6.70. The summed E-state index contributed by atoms with van der Waals surface area (Å²) in [4.78, 5) is 12.1. The number of benzene rings is 2. The first-order chi connectivity index (χ1) is 14.9. The molecule has 1 atom stereocenters. The van der Waals surface area contributed by atoms with E-state index in [0.717, 1.165) is 42.7 Å². The van der Waals surface area contributed by atoms with Gasteiger partial charge in [0.15, 0.2) is 0 Å². The van der Waals surface area contributed by atoms with Crippen LogP contribution in [0.25, 0.3) is 11.0 Å². The second-order valence-corrected chi connectivity index (χ2v) is 8.07. The summed E-state index contributed by atoms with van der Waals surface area (Å²) in [5, 5.41) is 13.9. The third kappa shape index (κ3) is 5.97. The quantitative estimate of drug-likeness (QED) is 0.460. The average molecular weight is 428 g/mol. The van der Waals surface area contributed by atoms with Gasteiger partial charge in [0.2, 0.25) is 0 Å². The molecule has 0 radical (unpaired) electrons. The van der Waals surface area contributed by atoms with Gasteiger partial charge in [0.25, 0.3) is 0 Å². The number of fused-ring (bicyclic) bond motifs is 1. The standard InChI is InChI=1S/C24H33N3O4/c1-17(2)30-13-5-12-25-15-18-6-9-20(10-7-18)31-16-23(28)19-8-11-21-22(14-19)27(4)24(29)26(21)3/h6-11,14,17,23,25,28H,5,12-13,15-16H2,1-4H3/t23-/m1/s1. The lowest BCUT2D eigenvalue weighted by Gasteiger charge is -2.14. The van der Waals surface area contributed by atoms with Gasteiger partial charge in [0, 0.05) is 27.2 Å². The van der Waals surface area contributed by atoms with Gasteiger partial charge in [-0.1, -0.05) is 18.2 Å². The fraction of sp³-hybridized carbons (Fsp3) is 0.458. The second-order valence-electron chi connectivity index (χ2n) is 8.07. The number of aliphatic hydroxyl groups is 1. The van der Waals surface area contributed by atoms with Crippen molar-refractivity contribution in [3.8, 4) is 5.75 Å². The molecule has 0 aliphatic carbocycles. The first kappa shape index (κ1) is 23.1. The maximum atomic E-state index is 12.1. The van der Waals surface area contributed by atoms with Crippen LogP contribution in [0.3, 0.4) is 0 Å². The van der Waals surface area contributed by atoms with Crippen LogP contribution >= 0.6 is 0 Å². The summed E-state index contributed by atoms with van der Waals surface area (Å²) < 4.78 is 14.5. The van der Waals surface area contributed by atoms with Crippen LogP contribution in [-0.4, -0.2) is 40.1 Å². The number of ether oxygens (including phenoxy) is 2. The lowest BCUT2D eigenvalue weighted by atomic mass is 10.1. The van der Waals surface area contributed by atoms with Crippen LogP contribution in [0.2, 0.25) is 0 Å². The number of imidazole rings is 1. The molecule has 0 unspecified atom stereocenters. The number of rotatable bonds is 11. The zero-order chi connectivity index (χ0) is 22.4. The van der Waals surface area contributed by atoms with Crippen LogP contribution in [0.1, 0.15) is 37.5 Å². The third-order valence-corrected chi connectivity index (χ3v) is 5.29. The summed E-state index contributed by atoms with van der Waals surface area (Å²) in [7, 11) is 3.47. The Kier molecular flexibility index (Phi) is 7.90. The monoisotopic (exact) mass is 427 g/mol. The zero-order valence-corrected chi connectivity index (χ0v) is 18.8. The molecule has 0 saturated heterocycles. The Morgan fingerprint density at radius 2 is 1.74 bits per heavy atom. The van der Waals surface area contributed by atoms with Gasteiger partial charge >= 0.3 is 5.69 Å². The Morgan fingerprint density at radius 3 is 2.45 bits per heavy atom. The zero-order valence-electron chi connectivity index (χ0n) is 18.8. The fourth-order valence-electron chi connectivity index (χ4n) is 3.45. The Hall–Kier alpha value is -2.61. The number of nitrogens with zero attached hydrogens (tertiary/aromatic N) is 2. The highest BCUT2D eigenvalue weighted by Gasteiger charge is 2.13. The Bertz CT molecular complexity index is 1040. The van der Waals surface area contributed by atoms with E-state index in [1.54, 1.807) is 23.2 Å². The molecular formula is C24H33N3O4. The van der Waals surface area contributed by atoms with Crippen molar-refractivity contribution < 1.29 is 14.6 Å². The molecule has 31 heavy (non-hydrogen) atoms. The van der Waals surface area contributed by atoms with Crippen molar-refractivity contribution in [2.75, 3.05) is 19.8 Å². The Labute approximate surface area is 183 Å². The second kappa shape index (κ2) is 10.6. The topological polar surface area (TPSA) is 77.7 Å². The van der Waals surface area contributed by atoms with E-state index in [1.807, 2.05) is 56.3 Å². The lowest BCUT2D eigenvalue weighted by molar-refractivity contribution is 0.0770. The van der Waals surface area contributed by atoms with Gasteiger partial charge < -0.3 is 19.9 Å². The average Bonchev–Trinajstić information content (AvgIpc) is 2.98. The smallest absolute Gasteiger partial charge is 0.328 e. The van der Waals surface area contributed by atoms with Gasteiger partial charge in [0.1, 0.15) is 18.5 Å². The van der Waals surface area contributed by atoms with Crippen molar-refractivity contribution in [2.45, 2.75) is 39.0 Å². The summed E-state index contributed by atoms with van der Waals surface area (Å²) in [6, 6.07) is 13.4. The van der Waals surface area contributed by atoms with E-state index in [9.17, 15) is 9.90 Å². The first-order valence-corrected chi connectivity index (χ1v) is 10.7. The maximum absolute atomic E-state index is 12.1. The highest BCUT2D eigenvalue weighted by atomic mass is 16.5. The van der Waals surface area contributed by atoms with Crippen LogP contribution < -0.4 is 15.7 Å². The first-order valence-electron chi connectivity index (χ1n) is 10.7. The third-order valence-electron chi connectivity index (χ3n) is 5.29. The van der Waals surface area contributed by atoms with Crippen molar-refractivity contribution in [2.24, 2.45) is 14.1 Å². The SMILES string of the molecule is CC(C)OCCCNCc1ccc(OC[C@@H](O)c2ccc3c(c2)n(C)c(=O)n3C)cc1. The Balaban J connectivity index is 1.48. The van der Waals surface area contributed by atoms with Crippen molar-refractivity contribution in [3.63, 3.8) is 0 Å². The van der Waals surface area contributed by atoms with Crippen LogP contribution in [-0.2, 0) is 25.4 Å². The maximum Gasteiger partial charge on any atom is 0.328 e. The molecule has 3 rings (SSSR count). The van der Waals surface area contributed by atoms with Crippen LogP contribution in [0.15, 0.2) is 47.3 Å². The minimum Gasteiger partial charge on any atom is -0.491 e.